The summed E-state index contributed by atoms with van der Waals surface area (Å²) in [5.41, 5.74) is 2.63. The lowest BCUT2D eigenvalue weighted by molar-refractivity contribution is 0.0904. The molecule has 2 fully saturated rings. The number of hydrogen-bond donors (Lipinski definition) is 3. The van der Waals surface area contributed by atoms with E-state index in [0.717, 1.165) is 63.4 Å². The van der Waals surface area contributed by atoms with Crippen LogP contribution in [-0.2, 0) is 26.7 Å². The molecule has 3 aromatic rings. The van der Waals surface area contributed by atoms with Crippen LogP contribution in [0.5, 0.6) is 0 Å². The number of piperazine rings is 1. The Morgan fingerprint density at radius 1 is 1.07 bits per heavy atom. The van der Waals surface area contributed by atoms with Crippen molar-refractivity contribution in [2.24, 2.45) is 0 Å². The van der Waals surface area contributed by atoms with Gasteiger partial charge in [-0.3, -0.25) is 9.89 Å². The molecule has 46 heavy (non-hydrogen) atoms. The number of nitrogens with one attached hydrogen (secondary N) is 3. The van der Waals surface area contributed by atoms with Gasteiger partial charge in [-0.2, -0.15) is 9.40 Å². The van der Waals surface area contributed by atoms with E-state index in [2.05, 4.69) is 37.6 Å². The van der Waals surface area contributed by atoms with E-state index in [1.54, 1.807) is 0 Å². The van der Waals surface area contributed by atoms with Crippen LogP contribution in [0.4, 0.5) is 26.0 Å². The number of carbonyl (C=O) groups is 1. The summed E-state index contributed by atoms with van der Waals surface area (Å²) in [6.07, 6.45) is 1.64. The monoisotopic (exact) mass is 657 g/mol. The van der Waals surface area contributed by atoms with Crippen molar-refractivity contribution in [2.75, 3.05) is 68.0 Å². The van der Waals surface area contributed by atoms with E-state index >= 15 is 0 Å². The molecule has 2 aromatic carbocycles. The molecule has 0 aliphatic carbocycles. The minimum absolute atomic E-state index is 0.0448. The first-order valence-electron chi connectivity index (χ1n) is 15.8. The van der Waals surface area contributed by atoms with Gasteiger partial charge in [0.15, 0.2) is 5.82 Å². The summed E-state index contributed by atoms with van der Waals surface area (Å²) in [4.78, 5) is 18.2. The quantitative estimate of drug-likeness (QED) is 0.330. The normalized spacial score (nSPS) is 19.5. The summed E-state index contributed by atoms with van der Waals surface area (Å²) in [5, 5.41) is 13.9. The van der Waals surface area contributed by atoms with Gasteiger partial charge in [-0.15, -0.1) is 0 Å². The van der Waals surface area contributed by atoms with E-state index in [-0.39, 0.29) is 24.9 Å². The predicted octanol–water partition coefficient (Wildman–Crippen LogP) is 4.16. The molecule has 11 nitrogen and oxygen atoms in total. The van der Waals surface area contributed by atoms with Gasteiger partial charge in [0.05, 0.1) is 10.5 Å². The Morgan fingerprint density at radius 3 is 2.43 bits per heavy atom. The van der Waals surface area contributed by atoms with Crippen LogP contribution in [0.25, 0.3) is 0 Å². The van der Waals surface area contributed by atoms with Crippen molar-refractivity contribution in [3.8, 4) is 0 Å². The molecule has 0 saturated carbocycles. The Balaban J connectivity index is 1.28. The second kappa shape index (κ2) is 12.9. The van der Waals surface area contributed by atoms with Gasteiger partial charge in [0.25, 0.3) is 5.91 Å². The number of nitrogens with zero attached hydrogens (tertiary/aromatic N) is 4. The topological polar surface area (TPSA) is 123 Å². The largest absolute Gasteiger partial charge is 0.381 e. The Kier molecular flexibility index (Phi) is 9.07. The van der Waals surface area contributed by atoms with E-state index in [9.17, 15) is 22.0 Å². The second-order valence-electron chi connectivity index (χ2n) is 12.8. The highest BCUT2D eigenvalue weighted by Gasteiger charge is 2.41. The number of benzene rings is 2. The molecular weight excluding hydrogens is 616 g/mol. The molecule has 6 rings (SSSR count). The molecule has 1 amide bonds. The zero-order valence-corrected chi connectivity index (χ0v) is 27.2. The SMILES string of the molecule is CCN1CCN(c2ccc(C(=O)Nc3n[nH]c4c3CN(S(=O)(=O)c3cc(F)cc(F)c3)CC4(C)C)c(NC3CCOCC3)c2)CC1. The Hall–Kier alpha value is -3.59. The van der Waals surface area contributed by atoms with Crippen molar-refractivity contribution in [3.05, 3.63) is 64.9 Å². The summed E-state index contributed by atoms with van der Waals surface area (Å²) in [6, 6.07) is 8.20. The van der Waals surface area contributed by atoms with Crippen LogP contribution in [0.15, 0.2) is 41.3 Å². The van der Waals surface area contributed by atoms with Crippen LogP contribution in [0, 0.1) is 11.6 Å². The predicted molar refractivity (Wildman–Crippen MR) is 172 cm³/mol. The fraction of sp³-hybridized carbons (Fsp3) is 0.500. The molecular formula is C32H41F2N7O4S. The molecule has 3 N–H and O–H groups in total. The minimum Gasteiger partial charge on any atom is -0.381 e. The summed E-state index contributed by atoms with van der Waals surface area (Å²) in [5.74, 6) is -2.15. The zero-order chi connectivity index (χ0) is 32.6. The van der Waals surface area contributed by atoms with Crippen LogP contribution >= 0.6 is 0 Å². The van der Waals surface area contributed by atoms with Gasteiger partial charge in [0.2, 0.25) is 10.0 Å². The zero-order valence-electron chi connectivity index (χ0n) is 26.4. The third kappa shape index (κ3) is 6.61. The highest BCUT2D eigenvalue weighted by Crippen LogP contribution is 2.38. The van der Waals surface area contributed by atoms with Gasteiger partial charge in [0, 0.05) is 92.6 Å². The number of aromatic amines is 1. The lowest BCUT2D eigenvalue weighted by atomic mass is 9.84. The number of aromatic nitrogens is 2. The second-order valence-corrected chi connectivity index (χ2v) is 14.8. The van der Waals surface area contributed by atoms with Crippen LogP contribution in [-0.4, -0.2) is 92.3 Å². The van der Waals surface area contributed by atoms with Crippen LogP contribution in [0.2, 0.25) is 0 Å². The molecule has 2 saturated heterocycles. The van der Waals surface area contributed by atoms with Gasteiger partial charge in [-0.05, 0) is 49.7 Å². The number of halogens is 2. The van der Waals surface area contributed by atoms with Gasteiger partial charge in [-0.1, -0.05) is 20.8 Å². The maximum atomic E-state index is 14.0. The third-order valence-electron chi connectivity index (χ3n) is 9.17. The number of anilines is 3. The molecule has 14 heteroatoms. The Bertz CT molecular complexity index is 1680. The fourth-order valence-corrected chi connectivity index (χ4v) is 8.15. The molecule has 248 valence electrons. The lowest BCUT2D eigenvalue weighted by Gasteiger charge is -2.37. The fourth-order valence-electron chi connectivity index (χ4n) is 6.54. The number of sulfonamides is 1. The first-order valence-corrected chi connectivity index (χ1v) is 17.2. The van der Waals surface area contributed by atoms with Crippen molar-refractivity contribution >= 4 is 33.1 Å². The average molecular weight is 658 g/mol. The number of amides is 1. The number of hydrogen-bond acceptors (Lipinski definition) is 8. The molecule has 3 aliphatic rings. The van der Waals surface area contributed by atoms with Gasteiger partial charge < -0.3 is 25.2 Å². The molecule has 0 atom stereocenters. The maximum absolute atomic E-state index is 14.0. The first kappa shape index (κ1) is 32.4. The van der Waals surface area contributed by atoms with Crippen molar-refractivity contribution < 1.29 is 26.7 Å². The summed E-state index contributed by atoms with van der Waals surface area (Å²) in [6.45, 7) is 11.8. The van der Waals surface area contributed by atoms with Crippen molar-refractivity contribution in [2.45, 2.75) is 56.5 Å². The van der Waals surface area contributed by atoms with Gasteiger partial charge >= 0.3 is 0 Å². The van der Waals surface area contributed by atoms with Crippen molar-refractivity contribution in [1.82, 2.24) is 19.4 Å². The van der Waals surface area contributed by atoms with Crippen molar-refractivity contribution in [3.63, 3.8) is 0 Å². The highest BCUT2D eigenvalue weighted by atomic mass is 32.2. The van der Waals surface area contributed by atoms with Gasteiger partial charge in [-0.25, -0.2) is 17.2 Å². The summed E-state index contributed by atoms with van der Waals surface area (Å²) in [7, 11) is -4.27. The number of H-pyrrole nitrogens is 1. The molecule has 0 unspecified atom stereocenters. The van der Waals surface area contributed by atoms with Gasteiger partial charge in [0.1, 0.15) is 11.6 Å². The molecule has 4 heterocycles. The smallest absolute Gasteiger partial charge is 0.258 e. The van der Waals surface area contributed by atoms with Crippen LogP contribution in [0.1, 0.15) is 55.2 Å². The Morgan fingerprint density at radius 2 is 1.76 bits per heavy atom. The van der Waals surface area contributed by atoms with E-state index in [0.29, 0.717) is 41.8 Å². The molecule has 0 radical (unpaired) electrons. The first-order chi connectivity index (χ1) is 21.9. The number of ether oxygens (including phenoxy) is 1. The average Bonchev–Trinajstić information content (AvgIpc) is 3.44. The van der Waals surface area contributed by atoms with E-state index in [1.807, 2.05) is 32.0 Å². The van der Waals surface area contributed by atoms with E-state index in [1.165, 1.54) is 4.31 Å². The lowest BCUT2D eigenvalue weighted by Crippen LogP contribution is -2.46. The molecule has 0 bridgehead atoms. The van der Waals surface area contributed by atoms with E-state index in [4.69, 9.17) is 4.74 Å². The summed E-state index contributed by atoms with van der Waals surface area (Å²) < 4.78 is 61.8. The number of rotatable bonds is 8. The molecule has 0 spiro atoms. The third-order valence-corrected chi connectivity index (χ3v) is 10.9. The minimum atomic E-state index is -4.27. The van der Waals surface area contributed by atoms with Crippen LogP contribution in [0.3, 0.4) is 0 Å². The van der Waals surface area contributed by atoms with Crippen molar-refractivity contribution in [1.29, 1.82) is 0 Å². The summed E-state index contributed by atoms with van der Waals surface area (Å²) >= 11 is 0. The number of carbonyl (C=O) groups excluding carboxylic acids is 1. The number of likely N-dealkylation sites (N-methyl/N-ethyl adjacent to an activating group) is 1. The molecule has 3 aliphatic heterocycles. The molecule has 1 aromatic heterocycles. The van der Waals surface area contributed by atoms with Crippen LogP contribution < -0.4 is 15.5 Å². The number of fused-ring (bicyclic) bond motifs is 1. The highest BCUT2D eigenvalue weighted by molar-refractivity contribution is 7.89. The standard InChI is InChI=1S/C32H41F2N7O4S/c1-4-39-9-11-40(12-10-39)24-5-6-26(28(18-24)35-23-7-13-45-14-8-23)31(42)36-30-27-19-41(20-32(2,3)29(27)37-38-30)46(43,44)25-16-21(33)15-22(34)17-25/h5-6,15-18,23,35H,4,7-14,19-20H2,1-3H3,(H2,36,37,38,42). The van der Waals surface area contributed by atoms with E-state index < -0.39 is 37.9 Å². The maximum Gasteiger partial charge on any atom is 0.258 e. The Labute approximate surface area is 268 Å².